The fourth-order valence-electron chi connectivity index (χ4n) is 2.81. The quantitative estimate of drug-likeness (QED) is 0.859. The Kier molecular flexibility index (Phi) is 5.16. The zero-order valence-electron chi connectivity index (χ0n) is 14.3. The Morgan fingerprint density at radius 3 is 2.50 bits per heavy atom. The second-order valence-electron chi connectivity index (χ2n) is 6.18. The molecular weight excluding hydrogens is 340 g/mol. The molecule has 1 heterocycles. The summed E-state index contributed by atoms with van der Waals surface area (Å²) in [5, 5.41) is 5.43. The van der Waals surface area contributed by atoms with Crippen molar-refractivity contribution < 1.29 is 18.4 Å². The summed E-state index contributed by atoms with van der Waals surface area (Å²) < 4.78 is 26.5. The molecule has 0 radical (unpaired) electrons. The highest BCUT2D eigenvalue weighted by Crippen LogP contribution is 2.23. The van der Waals surface area contributed by atoms with E-state index in [1.807, 2.05) is 12.1 Å². The summed E-state index contributed by atoms with van der Waals surface area (Å²) in [6.07, 6.45) is 1.42. The second kappa shape index (κ2) is 7.51. The first-order valence-corrected chi connectivity index (χ1v) is 8.37. The van der Waals surface area contributed by atoms with E-state index in [2.05, 4.69) is 10.6 Å². The van der Waals surface area contributed by atoms with Crippen molar-refractivity contribution in [1.29, 1.82) is 0 Å². The summed E-state index contributed by atoms with van der Waals surface area (Å²) >= 11 is 0. The van der Waals surface area contributed by atoms with Crippen LogP contribution < -0.4 is 15.5 Å². The Hall–Kier alpha value is -2.96. The Labute approximate surface area is 150 Å². The molecule has 1 aliphatic heterocycles. The van der Waals surface area contributed by atoms with Crippen LogP contribution >= 0.6 is 0 Å². The molecule has 2 aromatic carbocycles. The summed E-state index contributed by atoms with van der Waals surface area (Å²) in [5.41, 5.74) is 1.44. The molecule has 0 spiro atoms. The number of hydrogen-bond donors (Lipinski definition) is 2. The summed E-state index contributed by atoms with van der Waals surface area (Å²) in [6, 6.07) is 9.52. The average molecular weight is 359 g/mol. The molecule has 1 unspecified atom stereocenters. The van der Waals surface area contributed by atoms with Crippen LogP contribution in [-0.4, -0.2) is 24.4 Å². The highest BCUT2D eigenvalue weighted by molar-refractivity contribution is 5.97. The number of nitrogens with zero attached hydrogens (tertiary/aromatic N) is 1. The van der Waals surface area contributed by atoms with Gasteiger partial charge in [-0.2, -0.15) is 0 Å². The minimum absolute atomic E-state index is 0.0760. The molecule has 1 aliphatic rings. The Bertz CT molecular complexity index is 824. The van der Waals surface area contributed by atoms with Crippen molar-refractivity contribution in [2.45, 2.75) is 25.8 Å². The predicted molar refractivity (Wildman–Crippen MR) is 96.1 cm³/mol. The summed E-state index contributed by atoms with van der Waals surface area (Å²) in [5.74, 6) is -1.87. The normalized spacial score (nSPS) is 15.0. The van der Waals surface area contributed by atoms with Crippen molar-refractivity contribution >= 4 is 28.9 Å². The molecule has 1 saturated heterocycles. The van der Waals surface area contributed by atoms with Gasteiger partial charge in [0.25, 0.3) is 0 Å². The predicted octanol–water partition coefficient (Wildman–Crippen LogP) is 3.53. The lowest BCUT2D eigenvalue weighted by atomic mass is 10.2. The molecule has 1 fully saturated rings. The van der Waals surface area contributed by atoms with Crippen LogP contribution in [0.15, 0.2) is 42.5 Å². The van der Waals surface area contributed by atoms with E-state index in [9.17, 15) is 18.4 Å². The Morgan fingerprint density at radius 2 is 1.88 bits per heavy atom. The van der Waals surface area contributed by atoms with Crippen LogP contribution in [0.5, 0.6) is 0 Å². The molecule has 2 amide bonds. The molecule has 7 heteroatoms. The summed E-state index contributed by atoms with van der Waals surface area (Å²) in [6.45, 7) is 2.35. The average Bonchev–Trinajstić information content (AvgIpc) is 3.04. The molecule has 5 nitrogen and oxygen atoms in total. The van der Waals surface area contributed by atoms with E-state index >= 15 is 0 Å². The van der Waals surface area contributed by atoms with Crippen LogP contribution in [0.2, 0.25) is 0 Å². The molecule has 136 valence electrons. The van der Waals surface area contributed by atoms with Gasteiger partial charge in [-0.3, -0.25) is 9.59 Å². The van der Waals surface area contributed by atoms with E-state index in [0.29, 0.717) is 24.7 Å². The summed E-state index contributed by atoms with van der Waals surface area (Å²) in [4.78, 5) is 25.7. The number of rotatable bonds is 5. The molecule has 0 aliphatic carbocycles. The molecule has 2 aromatic rings. The second-order valence-corrected chi connectivity index (χ2v) is 6.18. The van der Waals surface area contributed by atoms with Crippen LogP contribution in [0, 0.1) is 11.6 Å². The monoisotopic (exact) mass is 359 g/mol. The largest absolute Gasteiger partial charge is 0.374 e. The highest BCUT2D eigenvalue weighted by atomic mass is 19.1. The minimum atomic E-state index is -0.829. The first-order chi connectivity index (χ1) is 12.4. The highest BCUT2D eigenvalue weighted by Gasteiger charge is 2.21. The number of carbonyl (C=O) groups excluding carboxylic acids is 2. The van der Waals surface area contributed by atoms with Gasteiger partial charge in [0.05, 0.1) is 5.69 Å². The molecule has 3 rings (SSSR count). The van der Waals surface area contributed by atoms with Crippen LogP contribution in [0.3, 0.4) is 0 Å². The first-order valence-electron chi connectivity index (χ1n) is 8.37. The number of benzene rings is 2. The molecule has 0 aromatic heterocycles. The zero-order valence-corrected chi connectivity index (χ0v) is 14.3. The van der Waals surface area contributed by atoms with E-state index in [0.717, 1.165) is 18.2 Å². The summed E-state index contributed by atoms with van der Waals surface area (Å²) in [7, 11) is 0. The molecular formula is C19H19F2N3O2. The zero-order chi connectivity index (χ0) is 18.7. The van der Waals surface area contributed by atoms with Gasteiger partial charge in [-0.15, -0.1) is 0 Å². The van der Waals surface area contributed by atoms with Crippen molar-refractivity contribution in [3.8, 4) is 0 Å². The third-order valence-electron chi connectivity index (χ3n) is 4.22. The van der Waals surface area contributed by atoms with Gasteiger partial charge in [-0.25, -0.2) is 8.78 Å². The molecule has 26 heavy (non-hydrogen) atoms. The number of hydrogen-bond acceptors (Lipinski definition) is 3. The van der Waals surface area contributed by atoms with E-state index in [1.54, 1.807) is 24.0 Å². The van der Waals surface area contributed by atoms with E-state index < -0.39 is 23.6 Å². The van der Waals surface area contributed by atoms with Gasteiger partial charge in [0.1, 0.15) is 17.7 Å². The SMILES string of the molecule is CC(Nc1ccc(N2CCCC2=O)cc1)C(=O)Nc1ccc(F)cc1F. The number of nitrogens with one attached hydrogen (secondary N) is 2. The molecule has 0 bridgehead atoms. The van der Waals surface area contributed by atoms with E-state index in [4.69, 9.17) is 0 Å². The van der Waals surface area contributed by atoms with Gasteiger partial charge in [0.2, 0.25) is 11.8 Å². The van der Waals surface area contributed by atoms with Gasteiger partial charge in [-0.1, -0.05) is 0 Å². The fraction of sp³-hybridized carbons (Fsp3) is 0.263. The van der Waals surface area contributed by atoms with Crippen LogP contribution in [0.1, 0.15) is 19.8 Å². The maximum atomic E-state index is 13.6. The Morgan fingerprint density at radius 1 is 1.15 bits per heavy atom. The lowest BCUT2D eigenvalue weighted by molar-refractivity contribution is -0.117. The molecule has 1 atom stereocenters. The van der Waals surface area contributed by atoms with Crippen LogP contribution in [0.25, 0.3) is 0 Å². The lowest BCUT2D eigenvalue weighted by Gasteiger charge is -2.18. The standard InChI is InChI=1S/C19H19F2N3O2/c1-12(19(26)23-17-9-4-13(20)11-16(17)21)22-14-5-7-15(8-6-14)24-10-2-3-18(24)25/h4-9,11-12,22H,2-3,10H2,1H3,(H,23,26). The van der Waals surface area contributed by atoms with E-state index in [1.165, 1.54) is 6.07 Å². The van der Waals surface area contributed by atoms with Crippen molar-refractivity contribution in [2.75, 3.05) is 22.1 Å². The fourth-order valence-corrected chi connectivity index (χ4v) is 2.81. The number of halogens is 2. The first kappa shape index (κ1) is 17.8. The van der Waals surface area contributed by atoms with Gasteiger partial charge in [0.15, 0.2) is 0 Å². The van der Waals surface area contributed by atoms with Crippen LogP contribution in [0.4, 0.5) is 25.8 Å². The topological polar surface area (TPSA) is 61.4 Å². The third-order valence-corrected chi connectivity index (χ3v) is 4.22. The third kappa shape index (κ3) is 3.99. The minimum Gasteiger partial charge on any atom is -0.374 e. The lowest BCUT2D eigenvalue weighted by Crippen LogP contribution is -2.32. The number of carbonyl (C=O) groups is 2. The van der Waals surface area contributed by atoms with Crippen LogP contribution in [-0.2, 0) is 9.59 Å². The maximum absolute atomic E-state index is 13.6. The number of anilines is 3. The van der Waals surface area contributed by atoms with Crippen molar-refractivity contribution in [2.24, 2.45) is 0 Å². The van der Waals surface area contributed by atoms with Gasteiger partial charge >= 0.3 is 0 Å². The number of amides is 2. The Balaban J connectivity index is 1.61. The van der Waals surface area contributed by atoms with Gasteiger partial charge in [0, 0.05) is 30.4 Å². The molecule has 0 saturated carbocycles. The smallest absolute Gasteiger partial charge is 0.246 e. The maximum Gasteiger partial charge on any atom is 0.246 e. The molecule has 2 N–H and O–H groups in total. The van der Waals surface area contributed by atoms with Crippen molar-refractivity contribution in [3.05, 3.63) is 54.1 Å². The van der Waals surface area contributed by atoms with Gasteiger partial charge < -0.3 is 15.5 Å². The van der Waals surface area contributed by atoms with Crippen molar-refractivity contribution in [1.82, 2.24) is 0 Å². The van der Waals surface area contributed by atoms with Crippen molar-refractivity contribution in [3.63, 3.8) is 0 Å². The van der Waals surface area contributed by atoms with E-state index in [-0.39, 0.29) is 11.6 Å². The van der Waals surface area contributed by atoms with Gasteiger partial charge in [-0.05, 0) is 49.7 Å².